The Labute approximate surface area is 137 Å². The summed E-state index contributed by atoms with van der Waals surface area (Å²) in [4.78, 5) is 9.25. The summed E-state index contributed by atoms with van der Waals surface area (Å²) in [6.07, 6.45) is 12.4. The van der Waals surface area contributed by atoms with E-state index in [0.717, 1.165) is 24.6 Å². The normalized spacial score (nSPS) is 13.6. The molecule has 22 heavy (non-hydrogen) atoms. The second-order valence-corrected chi connectivity index (χ2v) is 6.80. The Morgan fingerprint density at radius 2 is 2.00 bits per heavy atom. The molecule has 2 heteroatoms. The van der Waals surface area contributed by atoms with E-state index >= 15 is 0 Å². The number of hydrogen-bond acceptors (Lipinski definition) is 2. The van der Waals surface area contributed by atoms with Gasteiger partial charge < -0.3 is 0 Å². The zero-order valence-corrected chi connectivity index (χ0v) is 15.2. The number of aromatic nitrogens is 2. The van der Waals surface area contributed by atoms with Crippen LogP contribution in [0.25, 0.3) is 0 Å². The fourth-order valence-corrected chi connectivity index (χ4v) is 2.52. The summed E-state index contributed by atoms with van der Waals surface area (Å²) in [5.41, 5.74) is 2.70. The van der Waals surface area contributed by atoms with Crippen molar-refractivity contribution in [1.82, 2.24) is 9.97 Å². The summed E-state index contributed by atoms with van der Waals surface area (Å²) in [6.45, 7) is 11.4. The van der Waals surface area contributed by atoms with Crippen molar-refractivity contribution in [3.8, 4) is 0 Å². The largest absolute Gasteiger partial charge is 0.241 e. The molecule has 1 unspecified atom stereocenters. The van der Waals surface area contributed by atoms with Gasteiger partial charge in [0.2, 0.25) is 0 Å². The molecular formula is C20H34N2. The van der Waals surface area contributed by atoms with Crippen LogP contribution in [0.4, 0.5) is 0 Å². The van der Waals surface area contributed by atoms with Gasteiger partial charge in [0, 0.05) is 18.3 Å². The summed E-state index contributed by atoms with van der Waals surface area (Å²) >= 11 is 0. The molecule has 1 atom stereocenters. The molecule has 0 bridgehead atoms. The number of rotatable bonds is 10. The Morgan fingerprint density at radius 1 is 1.23 bits per heavy atom. The van der Waals surface area contributed by atoms with Crippen LogP contribution in [0, 0.1) is 11.8 Å². The molecule has 0 aliphatic heterocycles. The number of allylic oxidation sites excluding steroid dienone is 2. The molecule has 2 nitrogen and oxygen atoms in total. The van der Waals surface area contributed by atoms with Crippen molar-refractivity contribution in [2.24, 2.45) is 11.8 Å². The molecule has 0 amide bonds. The van der Waals surface area contributed by atoms with Gasteiger partial charge in [-0.25, -0.2) is 9.97 Å². The van der Waals surface area contributed by atoms with E-state index in [2.05, 4.69) is 51.7 Å². The van der Waals surface area contributed by atoms with Gasteiger partial charge in [0.1, 0.15) is 5.82 Å². The first-order chi connectivity index (χ1) is 10.6. The average molecular weight is 303 g/mol. The van der Waals surface area contributed by atoms with E-state index in [9.17, 15) is 0 Å². The van der Waals surface area contributed by atoms with E-state index in [-0.39, 0.29) is 0 Å². The Bertz CT molecular complexity index is 449. The van der Waals surface area contributed by atoms with E-state index in [1.807, 2.05) is 6.20 Å². The van der Waals surface area contributed by atoms with E-state index in [1.165, 1.54) is 43.4 Å². The van der Waals surface area contributed by atoms with Crippen LogP contribution in [-0.4, -0.2) is 9.97 Å². The lowest BCUT2D eigenvalue weighted by molar-refractivity contribution is 0.581. The summed E-state index contributed by atoms with van der Waals surface area (Å²) in [5, 5.41) is 0. The summed E-state index contributed by atoms with van der Waals surface area (Å²) in [7, 11) is 0. The van der Waals surface area contributed by atoms with E-state index in [4.69, 9.17) is 4.98 Å². The molecule has 0 aliphatic rings. The van der Waals surface area contributed by atoms with Crippen LogP contribution in [0.3, 0.4) is 0 Å². The third-order valence-corrected chi connectivity index (χ3v) is 4.31. The third-order valence-electron chi connectivity index (χ3n) is 4.31. The SMILES string of the molecule is CCCCc1ccnc(C/C(=C/CCC(C)C)C(C)CC)n1. The van der Waals surface area contributed by atoms with Gasteiger partial charge in [0.15, 0.2) is 0 Å². The minimum atomic E-state index is 0.620. The Kier molecular flexibility index (Phi) is 9.03. The van der Waals surface area contributed by atoms with Crippen LogP contribution >= 0.6 is 0 Å². The molecule has 0 saturated heterocycles. The maximum atomic E-state index is 4.76. The highest BCUT2D eigenvalue weighted by Crippen LogP contribution is 2.20. The lowest BCUT2D eigenvalue weighted by atomic mass is 9.93. The molecule has 0 aromatic carbocycles. The van der Waals surface area contributed by atoms with Gasteiger partial charge in [-0.05, 0) is 50.0 Å². The van der Waals surface area contributed by atoms with E-state index in [1.54, 1.807) is 0 Å². The Balaban J connectivity index is 2.76. The Hall–Kier alpha value is -1.18. The fourth-order valence-electron chi connectivity index (χ4n) is 2.52. The quantitative estimate of drug-likeness (QED) is 0.513. The number of hydrogen-bond donors (Lipinski definition) is 0. The molecule has 124 valence electrons. The molecular weight excluding hydrogens is 268 g/mol. The molecule has 1 rings (SSSR count). The smallest absolute Gasteiger partial charge is 0.132 e. The van der Waals surface area contributed by atoms with Gasteiger partial charge in [0.05, 0.1) is 0 Å². The van der Waals surface area contributed by atoms with Gasteiger partial charge >= 0.3 is 0 Å². The summed E-state index contributed by atoms with van der Waals surface area (Å²) in [5.74, 6) is 2.38. The van der Waals surface area contributed by atoms with Gasteiger partial charge in [-0.15, -0.1) is 0 Å². The van der Waals surface area contributed by atoms with Crippen molar-refractivity contribution >= 4 is 0 Å². The van der Waals surface area contributed by atoms with Crippen LogP contribution in [-0.2, 0) is 12.8 Å². The van der Waals surface area contributed by atoms with Crippen molar-refractivity contribution in [2.45, 2.75) is 79.6 Å². The predicted molar refractivity (Wildman–Crippen MR) is 96.0 cm³/mol. The predicted octanol–water partition coefficient (Wildman–Crippen LogP) is 5.77. The standard InChI is InChI=1S/C20H34N2/c1-6-8-12-19-13-14-21-20(22-19)15-18(17(5)7-2)11-9-10-16(3)4/h11,13-14,16-17H,6-10,12,15H2,1-5H3/b18-11-. The molecule has 0 N–H and O–H groups in total. The fraction of sp³-hybridized carbons (Fsp3) is 0.700. The first-order valence-corrected chi connectivity index (χ1v) is 9.06. The highest BCUT2D eigenvalue weighted by molar-refractivity contribution is 5.14. The molecule has 0 saturated carbocycles. The summed E-state index contributed by atoms with van der Waals surface area (Å²) in [6, 6.07) is 2.06. The molecule has 0 spiro atoms. The molecule has 0 fully saturated rings. The highest BCUT2D eigenvalue weighted by atomic mass is 14.9. The maximum absolute atomic E-state index is 4.76. The van der Waals surface area contributed by atoms with Crippen molar-refractivity contribution in [3.05, 3.63) is 35.4 Å². The van der Waals surface area contributed by atoms with Crippen LogP contribution in [0.2, 0.25) is 0 Å². The van der Waals surface area contributed by atoms with Crippen molar-refractivity contribution in [3.63, 3.8) is 0 Å². The molecule has 0 radical (unpaired) electrons. The summed E-state index contributed by atoms with van der Waals surface area (Å²) < 4.78 is 0. The van der Waals surface area contributed by atoms with Crippen LogP contribution in [0.1, 0.15) is 78.2 Å². The number of nitrogens with zero attached hydrogens (tertiary/aromatic N) is 2. The van der Waals surface area contributed by atoms with Crippen molar-refractivity contribution < 1.29 is 0 Å². The molecule has 1 aromatic rings. The van der Waals surface area contributed by atoms with Gasteiger partial charge in [0.25, 0.3) is 0 Å². The van der Waals surface area contributed by atoms with Crippen molar-refractivity contribution in [2.75, 3.05) is 0 Å². The Morgan fingerprint density at radius 3 is 2.64 bits per heavy atom. The first-order valence-electron chi connectivity index (χ1n) is 9.06. The van der Waals surface area contributed by atoms with Gasteiger partial charge in [-0.2, -0.15) is 0 Å². The second-order valence-electron chi connectivity index (χ2n) is 6.80. The van der Waals surface area contributed by atoms with Crippen LogP contribution in [0.15, 0.2) is 23.9 Å². The minimum absolute atomic E-state index is 0.620. The first kappa shape index (κ1) is 18.9. The van der Waals surface area contributed by atoms with Gasteiger partial charge in [-0.3, -0.25) is 0 Å². The molecule has 1 aromatic heterocycles. The number of unbranched alkanes of at least 4 members (excludes halogenated alkanes) is 1. The molecule has 0 aliphatic carbocycles. The topological polar surface area (TPSA) is 25.8 Å². The monoisotopic (exact) mass is 302 g/mol. The maximum Gasteiger partial charge on any atom is 0.132 e. The third kappa shape index (κ3) is 7.20. The average Bonchev–Trinajstić information content (AvgIpc) is 2.51. The van der Waals surface area contributed by atoms with Gasteiger partial charge in [-0.1, -0.05) is 52.7 Å². The van der Waals surface area contributed by atoms with Crippen molar-refractivity contribution in [1.29, 1.82) is 0 Å². The molecule has 1 heterocycles. The highest BCUT2D eigenvalue weighted by Gasteiger charge is 2.10. The zero-order chi connectivity index (χ0) is 16.4. The lowest BCUT2D eigenvalue weighted by Crippen LogP contribution is -2.06. The lowest BCUT2D eigenvalue weighted by Gasteiger charge is -2.15. The minimum Gasteiger partial charge on any atom is -0.241 e. The van der Waals surface area contributed by atoms with E-state index < -0.39 is 0 Å². The van der Waals surface area contributed by atoms with Crippen LogP contribution in [0.5, 0.6) is 0 Å². The second kappa shape index (κ2) is 10.5. The van der Waals surface area contributed by atoms with E-state index in [0.29, 0.717) is 5.92 Å². The zero-order valence-electron chi connectivity index (χ0n) is 15.2. The van der Waals surface area contributed by atoms with Crippen LogP contribution < -0.4 is 0 Å². The number of aryl methyl sites for hydroxylation is 1.